The monoisotopic (exact) mass is 362 g/mol. The quantitative estimate of drug-likeness (QED) is 0.724. The number of carbonyl (C=O) groups is 3. The van der Waals surface area contributed by atoms with Crippen LogP contribution in [-0.4, -0.2) is 37.7 Å². The van der Waals surface area contributed by atoms with E-state index in [0.29, 0.717) is 11.6 Å². The van der Waals surface area contributed by atoms with Crippen LogP contribution in [0, 0.1) is 0 Å². The van der Waals surface area contributed by atoms with Crippen LogP contribution in [0.4, 0.5) is 4.79 Å². The summed E-state index contributed by atoms with van der Waals surface area (Å²) in [5, 5.41) is 5.14. The molecule has 7 nitrogen and oxygen atoms in total. The zero-order chi connectivity index (χ0) is 17.2. The van der Waals surface area contributed by atoms with Crippen molar-refractivity contribution in [2.75, 3.05) is 19.8 Å². The molecule has 0 heterocycles. The Kier molecular flexibility index (Phi) is 8.21. The lowest BCUT2D eigenvalue weighted by Crippen LogP contribution is -2.41. The van der Waals surface area contributed by atoms with E-state index < -0.39 is 31.1 Å². The molecule has 0 saturated carbocycles. The van der Waals surface area contributed by atoms with Crippen molar-refractivity contribution in [2.24, 2.45) is 0 Å². The van der Waals surface area contributed by atoms with Crippen molar-refractivity contribution in [3.05, 3.63) is 28.2 Å². The number of esters is 1. The molecule has 3 amide bonds. The lowest BCUT2D eigenvalue weighted by Gasteiger charge is -2.09. The van der Waals surface area contributed by atoms with Gasteiger partial charge in [-0.05, 0) is 24.6 Å². The zero-order valence-electron chi connectivity index (χ0n) is 12.4. The van der Waals surface area contributed by atoms with Gasteiger partial charge in [0.15, 0.2) is 13.2 Å². The Morgan fingerprint density at radius 1 is 1.17 bits per heavy atom. The molecular formula is C14H16Cl2N2O5. The first-order valence-corrected chi connectivity index (χ1v) is 7.49. The van der Waals surface area contributed by atoms with E-state index in [2.05, 4.69) is 10.1 Å². The molecule has 0 aliphatic rings. The van der Waals surface area contributed by atoms with E-state index in [1.165, 1.54) is 12.1 Å². The van der Waals surface area contributed by atoms with E-state index in [0.717, 1.165) is 6.42 Å². The van der Waals surface area contributed by atoms with Crippen LogP contribution >= 0.6 is 23.2 Å². The molecule has 0 atom stereocenters. The van der Waals surface area contributed by atoms with Crippen LogP contribution in [0.2, 0.25) is 10.0 Å². The Morgan fingerprint density at radius 2 is 1.91 bits per heavy atom. The smallest absolute Gasteiger partial charge is 0.344 e. The fourth-order valence-corrected chi connectivity index (χ4v) is 1.83. The van der Waals surface area contributed by atoms with E-state index in [4.69, 9.17) is 27.9 Å². The third kappa shape index (κ3) is 7.71. The SMILES string of the molecule is CCCNC(=O)NC(=O)COC(=O)COc1ccc(Cl)cc1Cl. The van der Waals surface area contributed by atoms with Gasteiger partial charge in [-0.25, -0.2) is 9.59 Å². The minimum atomic E-state index is -0.778. The molecule has 126 valence electrons. The Hall–Kier alpha value is -1.99. The summed E-state index contributed by atoms with van der Waals surface area (Å²) >= 11 is 11.6. The number of benzene rings is 1. The van der Waals surface area contributed by atoms with Crippen LogP contribution in [0.3, 0.4) is 0 Å². The second-order valence-corrected chi connectivity index (χ2v) is 5.17. The number of hydrogen-bond acceptors (Lipinski definition) is 5. The maximum absolute atomic E-state index is 11.5. The number of halogens is 2. The molecule has 0 bridgehead atoms. The summed E-state index contributed by atoms with van der Waals surface area (Å²) in [7, 11) is 0. The highest BCUT2D eigenvalue weighted by atomic mass is 35.5. The van der Waals surface area contributed by atoms with Crippen molar-refractivity contribution in [3.63, 3.8) is 0 Å². The Bertz CT molecular complexity index is 580. The lowest BCUT2D eigenvalue weighted by molar-refractivity contribution is -0.150. The van der Waals surface area contributed by atoms with Gasteiger partial charge in [-0.2, -0.15) is 0 Å². The third-order valence-corrected chi connectivity index (χ3v) is 2.92. The molecule has 0 aliphatic heterocycles. The van der Waals surface area contributed by atoms with Crippen LogP contribution in [0.1, 0.15) is 13.3 Å². The molecule has 1 aromatic carbocycles. The summed E-state index contributed by atoms with van der Waals surface area (Å²) in [4.78, 5) is 34.0. The molecule has 23 heavy (non-hydrogen) atoms. The minimum absolute atomic E-state index is 0.246. The fraction of sp³-hybridized carbons (Fsp3) is 0.357. The summed E-state index contributed by atoms with van der Waals surface area (Å²) in [5.41, 5.74) is 0. The van der Waals surface area contributed by atoms with Gasteiger partial charge in [0.05, 0.1) is 5.02 Å². The van der Waals surface area contributed by atoms with Gasteiger partial charge in [0.2, 0.25) is 0 Å². The van der Waals surface area contributed by atoms with Gasteiger partial charge in [-0.3, -0.25) is 10.1 Å². The molecule has 0 spiro atoms. The van der Waals surface area contributed by atoms with Gasteiger partial charge in [-0.15, -0.1) is 0 Å². The molecule has 0 radical (unpaired) electrons. The van der Waals surface area contributed by atoms with Gasteiger partial charge >= 0.3 is 12.0 Å². The van der Waals surface area contributed by atoms with E-state index >= 15 is 0 Å². The highest BCUT2D eigenvalue weighted by Gasteiger charge is 2.12. The van der Waals surface area contributed by atoms with Crippen molar-refractivity contribution in [1.82, 2.24) is 10.6 Å². The van der Waals surface area contributed by atoms with Gasteiger partial charge in [-0.1, -0.05) is 30.1 Å². The van der Waals surface area contributed by atoms with Gasteiger partial charge in [0.1, 0.15) is 5.75 Å². The number of nitrogens with one attached hydrogen (secondary N) is 2. The Morgan fingerprint density at radius 3 is 2.57 bits per heavy atom. The summed E-state index contributed by atoms with van der Waals surface area (Å²) < 4.78 is 9.81. The number of carbonyl (C=O) groups excluding carboxylic acids is 3. The molecule has 0 unspecified atom stereocenters. The third-order valence-electron chi connectivity index (χ3n) is 2.39. The first-order valence-electron chi connectivity index (χ1n) is 6.73. The van der Waals surface area contributed by atoms with Gasteiger partial charge in [0.25, 0.3) is 5.91 Å². The lowest BCUT2D eigenvalue weighted by atomic mass is 10.3. The zero-order valence-corrected chi connectivity index (χ0v) is 13.9. The molecule has 0 aliphatic carbocycles. The minimum Gasteiger partial charge on any atom is -0.480 e. The predicted molar refractivity (Wildman–Crippen MR) is 84.7 cm³/mol. The van der Waals surface area contributed by atoms with Gasteiger partial charge in [0, 0.05) is 11.6 Å². The predicted octanol–water partition coefficient (Wildman–Crippen LogP) is 2.15. The normalized spacial score (nSPS) is 9.87. The first kappa shape index (κ1) is 19.1. The topological polar surface area (TPSA) is 93.7 Å². The first-order chi connectivity index (χ1) is 10.9. The highest BCUT2D eigenvalue weighted by molar-refractivity contribution is 6.35. The van der Waals surface area contributed by atoms with E-state index in [9.17, 15) is 14.4 Å². The average molecular weight is 363 g/mol. The number of imide groups is 1. The summed E-state index contributed by atoms with van der Waals surface area (Å²) in [6.45, 7) is 1.29. The van der Waals surface area contributed by atoms with Crippen molar-refractivity contribution < 1.29 is 23.9 Å². The van der Waals surface area contributed by atoms with Crippen molar-refractivity contribution in [1.29, 1.82) is 0 Å². The van der Waals surface area contributed by atoms with Crippen LogP contribution in [-0.2, 0) is 14.3 Å². The standard InChI is InChI=1S/C14H16Cl2N2O5/c1-2-5-17-14(21)18-12(19)7-23-13(20)8-22-11-4-3-9(15)6-10(11)16/h3-4,6H,2,5,7-8H2,1H3,(H2,17,18,19,21). The number of ether oxygens (including phenoxy) is 2. The average Bonchev–Trinajstić information content (AvgIpc) is 2.50. The Balaban J connectivity index is 2.28. The van der Waals surface area contributed by atoms with Crippen LogP contribution in [0.5, 0.6) is 5.75 Å². The fourth-order valence-electron chi connectivity index (χ4n) is 1.36. The molecule has 0 fully saturated rings. The van der Waals surface area contributed by atoms with Crippen molar-refractivity contribution in [3.8, 4) is 5.75 Å². The number of urea groups is 1. The second kappa shape index (κ2) is 9.91. The summed E-state index contributed by atoms with van der Waals surface area (Å²) in [5.74, 6) is -1.26. The number of amides is 3. The molecule has 1 aromatic rings. The maximum Gasteiger partial charge on any atom is 0.344 e. The van der Waals surface area contributed by atoms with E-state index in [-0.39, 0.29) is 10.8 Å². The van der Waals surface area contributed by atoms with Crippen LogP contribution in [0.25, 0.3) is 0 Å². The van der Waals surface area contributed by atoms with Crippen molar-refractivity contribution in [2.45, 2.75) is 13.3 Å². The summed E-state index contributed by atoms with van der Waals surface area (Å²) in [6, 6.07) is 3.88. The van der Waals surface area contributed by atoms with Crippen molar-refractivity contribution >= 4 is 41.1 Å². The molecule has 1 rings (SSSR count). The molecule has 2 N–H and O–H groups in total. The molecular weight excluding hydrogens is 347 g/mol. The Labute approximate surface area is 143 Å². The van der Waals surface area contributed by atoms with E-state index in [1.54, 1.807) is 6.07 Å². The molecule has 0 aromatic heterocycles. The second-order valence-electron chi connectivity index (χ2n) is 4.33. The highest BCUT2D eigenvalue weighted by Crippen LogP contribution is 2.27. The number of hydrogen-bond donors (Lipinski definition) is 2. The summed E-state index contributed by atoms with van der Waals surface area (Å²) in [6.07, 6.45) is 0.737. The molecule has 0 saturated heterocycles. The maximum atomic E-state index is 11.5. The van der Waals surface area contributed by atoms with E-state index in [1.807, 2.05) is 12.2 Å². The van der Waals surface area contributed by atoms with Gasteiger partial charge < -0.3 is 14.8 Å². The largest absolute Gasteiger partial charge is 0.480 e. The van der Waals surface area contributed by atoms with Crippen LogP contribution in [0.15, 0.2) is 18.2 Å². The number of rotatable bonds is 7. The van der Waals surface area contributed by atoms with Crippen LogP contribution < -0.4 is 15.4 Å². The molecule has 9 heteroatoms.